The van der Waals surface area contributed by atoms with Crippen LogP contribution in [0.25, 0.3) is 11.4 Å². The summed E-state index contributed by atoms with van der Waals surface area (Å²) in [4.78, 5) is 28.8. The van der Waals surface area contributed by atoms with Crippen LogP contribution in [-0.2, 0) is 9.59 Å². The van der Waals surface area contributed by atoms with Crippen LogP contribution in [0.4, 0.5) is 16.0 Å². The summed E-state index contributed by atoms with van der Waals surface area (Å²) in [6.07, 6.45) is -0.133. The molecule has 8 heteroatoms. The van der Waals surface area contributed by atoms with E-state index in [9.17, 15) is 14.0 Å². The highest BCUT2D eigenvalue weighted by atomic mass is 19.1. The first-order chi connectivity index (χ1) is 13.0. The van der Waals surface area contributed by atoms with Gasteiger partial charge in [-0.2, -0.15) is 4.98 Å². The summed E-state index contributed by atoms with van der Waals surface area (Å²) in [7, 11) is 0. The molecule has 0 saturated heterocycles. The summed E-state index contributed by atoms with van der Waals surface area (Å²) >= 11 is 0. The normalized spacial score (nSPS) is 15.3. The lowest BCUT2D eigenvalue weighted by Crippen LogP contribution is -2.23. The molecule has 2 aromatic carbocycles. The first-order valence-electron chi connectivity index (χ1n) is 8.39. The lowest BCUT2D eigenvalue weighted by Gasteiger charge is -2.10. The molecule has 0 fully saturated rings. The van der Waals surface area contributed by atoms with Crippen LogP contribution < -0.4 is 10.6 Å². The van der Waals surface area contributed by atoms with E-state index >= 15 is 0 Å². The lowest BCUT2D eigenvalue weighted by atomic mass is 10.1. The molecule has 0 saturated carbocycles. The Labute approximate surface area is 154 Å². The van der Waals surface area contributed by atoms with Crippen LogP contribution in [0, 0.1) is 12.7 Å². The van der Waals surface area contributed by atoms with Crippen LogP contribution in [0.1, 0.15) is 18.0 Å². The number of nitrogens with zero attached hydrogens (tertiary/aromatic N) is 3. The molecule has 4 rings (SSSR count). The molecule has 1 aromatic heterocycles. The molecule has 7 nitrogen and oxygen atoms in total. The van der Waals surface area contributed by atoms with Crippen molar-refractivity contribution in [3.8, 4) is 11.4 Å². The topological polar surface area (TPSA) is 88.9 Å². The number of rotatable bonds is 4. The molecule has 2 N–H and O–H groups in total. The molecule has 1 aliphatic heterocycles. The lowest BCUT2D eigenvalue weighted by molar-refractivity contribution is -0.123. The van der Waals surface area contributed by atoms with Crippen molar-refractivity contribution in [2.24, 2.45) is 0 Å². The first kappa shape index (κ1) is 16.9. The maximum Gasteiger partial charge on any atom is 0.252 e. The number of fused-ring (bicyclic) bond motifs is 1. The fourth-order valence-corrected chi connectivity index (χ4v) is 2.89. The van der Waals surface area contributed by atoms with Crippen LogP contribution in [0.3, 0.4) is 0 Å². The maximum atomic E-state index is 13.2. The predicted octanol–water partition coefficient (Wildman–Crippen LogP) is 2.91. The van der Waals surface area contributed by atoms with Crippen LogP contribution in [-0.4, -0.2) is 26.6 Å². The molecule has 2 heterocycles. The van der Waals surface area contributed by atoms with Crippen molar-refractivity contribution in [1.82, 2.24) is 14.8 Å². The van der Waals surface area contributed by atoms with Gasteiger partial charge in [0.2, 0.25) is 11.9 Å². The van der Waals surface area contributed by atoms with E-state index in [2.05, 4.69) is 20.7 Å². The Hall–Kier alpha value is -3.55. The van der Waals surface area contributed by atoms with Crippen molar-refractivity contribution in [3.05, 3.63) is 59.9 Å². The van der Waals surface area contributed by atoms with Gasteiger partial charge < -0.3 is 5.32 Å². The first-order valence-corrected chi connectivity index (χ1v) is 8.39. The molecule has 27 heavy (non-hydrogen) atoms. The van der Waals surface area contributed by atoms with Crippen molar-refractivity contribution in [3.63, 3.8) is 0 Å². The number of carbonyl (C=O) groups is 2. The van der Waals surface area contributed by atoms with E-state index < -0.39 is 17.8 Å². The molecule has 0 bridgehead atoms. The molecular weight excluding hydrogens is 349 g/mol. The SMILES string of the molecule is Cc1ccc(-c2nc3n(n2)C(CC(=O)Nc2cccc(F)c2)C(=O)N3)cc1. The third-order valence-corrected chi connectivity index (χ3v) is 4.26. The Bertz CT molecular complexity index is 1030. The standard InChI is InChI=1S/C19H16FN5O2/c1-11-5-7-12(8-6-11)17-22-19-23-18(27)15(25(19)24-17)10-16(26)21-14-4-2-3-13(20)9-14/h2-9,15H,10H2,1H3,(H,21,26)(H,22,23,24,27). The van der Waals surface area contributed by atoms with Crippen molar-refractivity contribution < 1.29 is 14.0 Å². The number of hydrogen-bond donors (Lipinski definition) is 2. The highest BCUT2D eigenvalue weighted by Crippen LogP contribution is 2.28. The minimum atomic E-state index is -0.805. The van der Waals surface area contributed by atoms with E-state index in [-0.39, 0.29) is 12.3 Å². The number of hydrogen-bond acceptors (Lipinski definition) is 4. The molecule has 1 aliphatic rings. The van der Waals surface area contributed by atoms with E-state index in [1.807, 2.05) is 31.2 Å². The number of carbonyl (C=O) groups excluding carboxylic acids is 2. The van der Waals surface area contributed by atoms with E-state index in [0.717, 1.165) is 11.1 Å². The minimum absolute atomic E-state index is 0.133. The van der Waals surface area contributed by atoms with Crippen molar-refractivity contribution in [2.45, 2.75) is 19.4 Å². The van der Waals surface area contributed by atoms with Crippen LogP contribution in [0.2, 0.25) is 0 Å². The summed E-state index contributed by atoms with van der Waals surface area (Å²) in [6.45, 7) is 1.98. The Morgan fingerprint density at radius 2 is 2.04 bits per heavy atom. The molecule has 1 unspecified atom stereocenters. The highest BCUT2D eigenvalue weighted by Gasteiger charge is 2.35. The average molecular weight is 365 g/mol. The third kappa shape index (κ3) is 3.41. The van der Waals surface area contributed by atoms with E-state index in [0.29, 0.717) is 17.5 Å². The number of anilines is 2. The predicted molar refractivity (Wildman–Crippen MR) is 97.5 cm³/mol. The van der Waals surface area contributed by atoms with Gasteiger partial charge in [0.25, 0.3) is 5.91 Å². The highest BCUT2D eigenvalue weighted by molar-refractivity contribution is 6.01. The third-order valence-electron chi connectivity index (χ3n) is 4.26. The fraction of sp³-hybridized carbons (Fsp3) is 0.158. The summed E-state index contributed by atoms with van der Waals surface area (Å²) in [5, 5.41) is 9.60. The van der Waals surface area contributed by atoms with Gasteiger partial charge in [-0.1, -0.05) is 35.9 Å². The minimum Gasteiger partial charge on any atom is -0.326 e. The second kappa shape index (κ2) is 6.64. The molecule has 1 atom stereocenters. The number of nitrogens with one attached hydrogen (secondary N) is 2. The number of amides is 2. The number of halogens is 1. The van der Waals surface area contributed by atoms with E-state index in [4.69, 9.17) is 0 Å². The van der Waals surface area contributed by atoms with Crippen molar-refractivity contribution in [2.75, 3.05) is 10.6 Å². The zero-order valence-electron chi connectivity index (χ0n) is 14.4. The van der Waals surface area contributed by atoms with Crippen LogP contribution in [0.15, 0.2) is 48.5 Å². The van der Waals surface area contributed by atoms with Gasteiger partial charge in [0.05, 0.1) is 6.42 Å². The molecule has 3 aromatic rings. The Kier molecular flexibility index (Phi) is 4.15. The van der Waals surface area contributed by atoms with Crippen LogP contribution >= 0.6 is 0 Å². The molecule has 0 aliphatic carbocycles. The number of benzene rings is 2. The van der Waals surface area contributed by atoms with Gasteiger partial charge in [-0.15, -0.1) is 5.10 Å². The summed E-state index contributed by atoms with van der Waals surface area (Å²) in [5.41, 5.74) is 2.27. The Balaban J connectivity index is 1.52. The Morgan fingerprint density at radius 3 is 2.78 bits per heavy atom. The second-order valence-corrected chi connectivity index (χ2v) is 6.34. The molecule has 0 spiro atoms. The van der Waals surface area contributed by atoms with E-state index in [1.165, 1.54) is 22.9 Å². The van der Waals surface area contributed by atoms with Crippen LogP contribution in [0.5, 0.6) is 0 Å². The second-order valence-electron chi connectivity index (χ2n) is 6.34. The van der Waals surface area contributed by atoms with Gasteiger partial charge in [0, 0.05) is 11.3 Å². The molecule has 136 valence electrons. The monoisotopic (exact) mass is 365 g/mol. The average Bonchev–Trinajstić information content (AvgIpc) is 3.15. The molecular formula is C19H16FN5O2. The summed E-state index contributed by atoms with van der Waals surface area (Å²) < 4.78 is 14.7. The van der Waals surface area contributed by atoms with Gasteiger partial charge in [-0.05, 0) is 25.1 Å². The molecule has 0 radical (unpaired) electrons. The number of aromatic nitrogens is 3. The van der Waals surface area contributed by atoms with Gasteiger partial charge in [-0.25, -0.2) is 9.07 Å². The maximum absolute atomic E-state index is 13.2. The Morgan fingerprint density at radius 1 is 1.26 bits per heavy atom. The zero-order chi connectivity index (χ0) is 19.0. The molecule has 2 amide bonds. The summed E-state index contributed by atoms with van der Waals surface area (Å²) in [6, 6.07) is 12.5. The largest absolute Gasteiger partial charge is 0.326 e. The number of aryl methyl sites for hydroxylation is 1. The smallest absolute Gasteiger partial charge is 0.252 e. The van der Waals surface area contributed by atoms with Gasteiger partial charge >= 0.3 is 0 Å². The fourth-order valence-electron chi connectivity index (χ4n) is 2.89. The van der Waals surface area contributed by atoms with Crippen molar-refractivity contribution in [1.29, 1.82) is 0 Å². The quantitative estimate of drug-likeness (QED) is 0.744. The summed E-state index contributed by atoms with van der Waals surface area (Å²) in [5.74, 6) is -0.441. The van der Waals surface area contributed by atoms with Crippen molar-refractivity contribution >= 4 is 23.5 Å². The van der Waals surface area contributed by atoms with Gasteiger partial charge in [0.1, 0.15) is 11.9 Å². The zero-order valence-corrected chi connectivity index (χ0v) is 14.4. The van der Waals surface area contributed by atoms with E-state index in [1.54, 1.807) is 6.07 Å². The van der Waals surface area contributed by atoms with Gasteiger partial charge in [-0.3, -0.25) is 14.9 Å². The van der Waals surface area contributed by atoms with Gasteiger partial charge in [0.15, 0.2) is 5.82 Å².